The topological polar surface area (TPSA) is 49.4 Å². The van der Waals surface area contributed by atoms with E-state index in [1.165, 1.54) is 22.5 Å². The number of halogens is 1. The highest BCUT2D eigenvalue weighted by Gasteiger charge is 2.34. The van der Waals surface area contributed by atoms with Crippen molar-refractivity contribution in [1.82, 2.24) is 9.62 Å². The molecule has 2 unspecified atom stereocenters. The van der Waals surface area contributed by atoms with Crippen LogP contribution >= 0.6 is 0 Å². The molecule has 0 radical (unpaired) electrons. The molecule has 3 rings (SSSR count). The smallest absolute Gasteiger partial charge is 0.243 e. The van der Waals surface area contributed by atoms with Gasteiger partial charge in [-0.25, -0.2) is 12.8 Å². The number of benzene rings is 1. The van der Waals surface area contributed by atoms with Gasteiger partial charge in [0, 0.05) is 25.2 Å². The molecule has 2 fully saturated rings. The van der Waals surface area contributed by atoms with Gasteiger partial charge in [0.15, 0.2) is 0 Å². The Morgan fingerprint density at radius 2 is 2.00 bits per heavy atom. The monoisotopic (exact) mass is 284 g/mol. The Balaban J connectivity index is 1.88. The molecule has 0 amide bonds. The van der Waals surface area contributed by atoms with E-state index in [4.69, 9.17) is 0 Å². The standard InChI is InChI=1S/C13H17FN2O2S/c14-10-2-1-3-13(8-10)19(17,18)16-7-6-11-4-5-12(9-16)15-11/h1-3,8,11-12,15H,4-7,9H2. The van der Waals surface area contributed by atoms with Crippen molar-refractivity contribution < 1.29 is 12.8 Å². The Labute approximate surface area is 112 Å². The first-order valence-electron chi connectivity index (χ1n) is 6.57. The van der Waals surface area contributed by atoms with Crippen molar-refractivity contribution in [2.24, 2.45) is 0 Å². The summed E-state index contributed by atoms with van der Waals surface area (Å²) in [6.07, 6.45) is 2.96. The molecule has 0 aromatic heterocycles. The van der Waals surface area contributed by atoms with Crippen molar-refractivity contribution in [1.29, 1.82) is 0 Å². The van der Waals surface area contributed by atoms with Crippen molar-refractivity contribution in [3.05, 3.63) is 30.1 Å². The molecule has 2 bridgehead atoms. The largest absolute Gasteiger partial charge is 0.310 e. The molecule has 6 heteroatoms. The second-order valence-electron chi connectivity index (χ2n) is 5.25. The van der Waals surface area contributed by atoms with E-state index in [-0.39, 0.29) is 10.9 Å². The second-order valence-corrected chi connectivity index (χ2v) is 7.18. The van der Waals surface area contributed by atoms with Gasteiger partial charge in [-0.2, -0.15) is 4.31 Å². The second kappa shape index (κ2) is 4.85. The van der Waals surface area contributed by atoms with Crippen molar-refractivity contribution in [3.63, 3.8) is 0 Å². The molecule has 1 N–H and O–H groups in total. The number of rotatable bonds is 2. The van der Waals surface area contributed by atoms with E-state index in [0.29, 0.717) is 19.1 Å². The van der Waals surface area contributed by atoms with E-state index >= 15 is 0 Å². The molecule has 2 aliphatic rings. The Bertz CT molecular complexity index is 576. The zero-order valence-corrected chi connectivity index (χ0v) is 11.4. The minimum absolute atomic E-state index is 0.0465. The molecule has 1 aromatic carbocycles. The van der Waals surface area contributed by atoms with Gasteiger partial charge in [-0.15, -0.1) is 0 Å². The highest BCUT2D eigenvalue weighted by Crippen LogP contribution is 2.25. The lowest BCUT2D eigenvalue weighted by molar-refractivity contribution is 0.383. The van der Waals surface area contributed by atoms with Crippen LogP contribution in [0.1, 0.15) is 19.3 Å². The van der Waals surface area contributed by atoms with Gasteiger partial charge in [0.25, 0.3) is 0 Å². The van der Waals surface area contributed by atoms with Crippen LogP contribution in [0.4, 0.5) is 4.39 Å². The van der Waals surface area contributed by atoms with Gasteiger partial charge in [-0.05, 0) is 37.5 Å². The van der Waals surface area contributed by atoms with E-state index < -0.39 is 15.8 Å². The third-order valence-electron chi connectivity index (χ3n) is 3.92. The fourth-order valence-corrected chi connectivity index (χ4v) is 4.44. The van der Waals surface area contributed by atoms with Crippen LogP contribution in [0, 0.1) is 5.82 Å². The molecule has 0 saturated carbocycles. The minimum atomic E-state index is -3.58. The number of fused-ring (bicyclic) bond motifs is 2. The maximum absolute atomic E-state index is 13.2. The Kier molecular flexibility index (Phi) is 3.32. The molecule has 1 aromatic rings. The fraction of sp³-hybridized carbons (Fsp3) is 0.538. The summed E-state index contributed by atoms with van der Waals surface area (Å²) in [5.74, 6) is -0.518. The summed E-state index contributed by atoms with van der Waals surface area (Å²) in [5, 5.41) is 3.44. The van der Waals surface area contributed by atoms with Crippen LogP contribution in [-0.4, -0.2) is 37.9 Å². The fourth-order valence-electron chi connectivity index (χ4n) is 2.91. The molecule has 2 heterocycles. The first-order valence-corrected chi connectivity index (χ1v) is 8.01. The molecule has 0 spiro atoms. The van der Waals surface area contributed by atoms with Crippen LogP contribution in [0.15, 0.2) is 29.2 Å². The van der Waals surface area contributed by atoms with Crippen LogP contribution in [0.3, 0.4) is 0 Å². The summed E-state index contributed by atoms with van der Waals surface area (Å²) in [4.78, 5) is 0.0465. The van der Waals surface area contributed by atoms with Gasteiger partial charge in [-0.1, -0.05) is 6.07 Å². The molecule has 2 saturated heterocycles. The number of nitrogens with one attached hydrogen (secondary N) is 1. The van der Waals surface area contributed by atoms with Gasteiger partial charge >= 0.3 is 0 Å². The van der Waals surface area contributed by atoms with Crippen molar-refractivity contribution >= 4 is 10.0 Å². The SMILES string of the molecule is O=S(=O)(c1cccc(F)c1)N1CCC2CCC(C1)N2. The van der Waals surface area contributed by atoms with Crippen LogP contribution in [0.5, 0.6) is 0 Å². The van der Waals surface area contributed by atoms with Crippen LogP contribution in [0.2, 0.25) is 0 Å². The highest BCUT2D eigenvalue weighted by atomic mass is 32.2. The van der Waals surface area contributed by atoms with E-state index in [2.05, 4.69) is 5.32 Å². The first kappa shape index (κ1) is 13.0. The van der Waals surface area contributed by atoms with E-state index in [1.807, 2.05) is 0 Å². The molecule has 2 aliphatic heterocycles. The van der Waals surface area contributed by atoms with Crippen molar-refractivity contribution in [2.75, 3.05) is 13.1 Å². The zero-order chi connectivity index (χ0) is 13.5. The van der Waals surface area contributed by atoms with Crippen molar-refractivity contribution in [3.8, 4) is 0 Å². The average molecular weight is 284 g/mol. The Morgan fingerprint density at radius 1 is 1.21 bits per heavy atom. The summed E-state index contributed by atoms with van der Waals surface area (Å²) in [6.45, 7) is 0.988. The third-order valence-corrected chi connectivity index (χ3v) is 5.78. The third kappa shape index (κ3) is 2.52. The quantitative estimate of drug-likeness (QED) is 0.891. The number of nitrogens with zero attached hydrogens (tertiary/aromatic N) is 1. The number of hydrogen-bond donors (Lipinski definition) is 1. The molecule has 19 heavy (non-hydrogen) atoms. The van der Waals surface area contributed by atoms with Gasteiger partial charge in [-0.3, -0.25) is 0 Å². The average Bonchev–Trinajstić information content (AvgIpc) is 2.68. The molecule has 2 atom stereocenters. The lowest BCUT2D eigenvalue weighted by atomic mass is 10.1. The minimum Gasteiger partial charge on any atom is -0.310 e. The maximum Gasteiger partial charge on any atom is 0.243 e. The van der Waals surface area contributed by atoms with Crippen molar-refractivity contribution in [2.45, 2.75) is 36.2 Å². The van der Waals surface area contributed by atoms with E-state index in [9.17, 15) is 12.8 Å². The maximum atomic E-state index is 13.2. The van der Waals surface area contributed by atoms with E-state index in [1.54, 1.807) is 0 Å². The first-order chi connectivity index (χ1) is 9.05. The summed E-state index contributed by atoms with van der Waals surface area (Å²) in [6, 6.07) is 5.89. The summed E-state index contributed by atoms with van der Waals surface area (Å²) in [7, 11) is -3.58. The molecule has 0 aliphatic carbocycles. The van der Waals surface area contributed by atoms with Gasteiger partial charge in [0.1, 0.15) is 5.82 Å². The molecule has 4 nitrogen and oxygen atoms in total. The van der Waals surface area contributed by atoms with Crippen LogP contribution < -0.4 is 5.32 Å². The van der Waals surface area contributed by atoms with E-state index in [0.717, 1.165) is 25.3 Å². The van der Waals surface area contributed by atoms with Crippen LogP contribution in [-0.2, 0) is 10.0 Å². The normalized spacial score (nSPS) is 28.3. The lowest BCUT2D eigenvalue weighted by Crippen LogP contribution is -2.39. The number of sulfonamides is 1. The summed E-state index contributed by atoms with van der Waals surface area (Å²) in [5.41, 5.74) is 0. The predicted octanol–water partition coefficient (Wildman–Crippen LogP) is 1.34. The van der Waals surface area contributed by atoms with Gasteiger partial charge in [0.2, 0.25) is 10.0 Å². The Hall–Kier alpha value is -0.980. The lowest BCUT2D eigenvalue weighted by Gasteiger charge is -2.23. The molecular weight excluding hydrogens is 267 g/mol. The van der Waals surface area contributed by atoms with Gasteiger partial charge in [0.05, 0.1) is 4.90 Å². The predicted molar refractivity (Wildman–Crippen MR) is 69.7 cm³/mol. The van der Waals surface area contributed by atoms with Gasteiger partial charge < -0.3 is 5.32 Å². The molecule has 104 valence electrons. The van der Waals surface area contributed by atoms with Crippen LogP contribution in [0.25, 0.3) is 0 Å². The highest BCUT2D eigenvalue weighted by molar-refractivity contribution is 7.89. The zero-order valence-electron chi connectivity index (χ0n) is 10.5. The number of hydrogen-bond acceptors (Lipinski definition) is 3. The summed E-state index contributed by atoms with van der Waals surface area (Å²) >= 11 is 0. The summed E-state index contributed by atoms with van der Waals surface area (Å²) < 4.78 is 39.7. The Morgan fingerprint density at radius 3 is 2.79 bits per heavy atom. The molecular formula is C13H17FN2O2S.